The van der Waals surface area contributed by atoms with Gasteiger partial charge in [0, 0.05) is 6.92 Å². The van der Waals surface area contributed by atoms with Crippen LogP contribution in [0.15, 0.2) is 18.2 Å². The molecule has 0 saturated heterocycles. The predicted molar refractivity (Wildman–Crippen MR) is 51.7 cm³/mol. The van der Waals surface area contributed by atoms with Gasteiger partial charge in [-0.25, -0.2) is 0 Å². The lowest BCUT2D eigenvalue weighted by molar-refractivity contribution is -0.384. The predicted octanol–water partition coefficient (Wildman–Crippen LogP) is -0.0833. The second-order valence-corrected chi connectivity index (χ2v) is 2.93. The normalized spacial score (nSPS) is 9.56. The number of amides is 1. The van der Waals surface area contributed by atoms with E-state index in [1.807, 2.05) is 0 Å². The summed E-state index contributed by atoms with van der Waals surface area (Å²) in [6, 6.07) is 3.56. The zero-order valence-corrected chi connectivity index (χ0v) is 8.22. The minimum atomic E-state index is -1.67. The number of carboxylic acid groups (broad SMARTS) is 1. The van der Waals surface area contributed by atoms with Crippen LogP contribution in [0.2, 0.25) is 0 Å². The van der Waals surface area contributed by atoms with Crippen molar-refractivity contribution in [3.05, 3.63) is 33.9 Å². The van der Waals surface area contributed by atoms with Gasteiger partial charge in [-0.1, -0.05) is 6.07 Å². The van der Waals surface area contributed by atoms with Gasteiger partial charge in [0.1, 0.15) is 5.69 Å². The molecule has 7 heteroatoms. The van der Waals surface area contributed by atoms with Crippen LogP contribution in [0.1, 0.15) is 17.3 Å². The zero-order chi connectivity index (χ0) is 12.3. The van der Waals surface area contributed by atoms with Crippen molar-refractivity contribution in [3.63, 3.8) is 0 Å². The Labute approximate surface area is 89.8 Å². The van der Waals surface area contributed by atoms with Crippen molar-refractivity contribution in [2.45, 2.75) is 6.92 Å². The smallest absolute Gasteiger partial charge is 0.301 e. The Balaban J connectivity index is 3.38. The van der Waals surface area contributed by atoms with E-state index < -0.39 is 28.1 Å². The molecule has 84 valence electrons. The van der Waals surface area contributed by atoms with E-state index in [4.69, 9.17) is 0 Å². The van der Waals surface area contributed by atoms with Gasteiger partial charge in [-0.15, -0.1) is 0 Å². The van der Waals surface area contributed by atoms with Gasteiger partial charge in [0.15, 0.2) is 0 Å². The SMILES string of the molecule is CC(=O)Nc1cccc(C(=O)[O-])c1[N+](=O)[O-]. The molecule has 0 saturated carbocycles. The number of para-hydroxylation sites is 1. The van der Waals surface area contributed by atoms with Crippen molar-refractivity contribution in [2.75, 3.05) is 5.32 Å². The minimum absolute atomic E-state index is 0.167. The first-order valence-corrected chi connectivity index (χ1v) is 4.20. The second kappa shape index (κ2) is 4.39. The first-order valence-electron chi connectivity index (χ1n) is 4.20. The van der Waals surface area contributed by atoms with Gasteiger partial charge in [-0.3, -0.25) is 14.9 Å². The summed E-state index contributed by atoms with van der Waals surface area (Å²) in [6.45, 7) is 1.16. The van der Waals surface area contributed by atoms with Crippen molar-refractivity contribution in [1.82, 2.24) is 0 Å². The quantitative estimate of drug-likeness (QED) is 0.568. The molecule has 0 radical (unpaired) electrons. The number of nitrogens with one attached hydrogen (secondary N) is 1. The van der Waals surface area contributed by atoms with E-state index in [0.717, 1.165) is 13.0 Å². The standard InChI is InChI=1S/C9H8N2O5/c1-5(12)10-7-4-2-3-6(9(13)14)8(7)11(15)16/h2-4H,1H3,(H,10,12)(H,13,14)/p-1. The monoisotopic (exact) mass is 223 g/mol. The van der Waals surface area contributed by atoms with E-state index >= 15 is 0 Å². The van der Waals surface area contributed by atoms with E-state index in [0.29, 0.717) is 0 Å². The van der Waals surface area contributed by atoms with E-state index in [1.54, 1.807) is 0 Å². The Hall–Kier alpha value is -2.44. The number of aromatic carboxylic acids is 1. The number of benzene rings is 1. The highest BCUT2D eigenvalue weighted by Crippen LogP contribution is 2.28. The Bertz CT molecular complexity index is 469. The number of carbonyl (C=O) groups excluding carboxylic acids is 2. The van der Waals surface area contributed by atoms with E-state index in [2.05, 4.69) is 5.32 Å². The highest BCUT2D eigenvalue weighted by Gasteiger charge is 2.20. The average molecular weight is 223 g/mol. The van der Waals surface area contributed by atoms with E-state index in [1.165, 1.54) is 12.1 Å². The molecule has 16 heavy (non-hydrogen) atoms. The van der Waals surface area contributed by atoms with Crippen molar-refractivity contribution in [3.8, 4) is 0 Å². The fourth-order valence-corrected chi connectivity index (χ4v) is 1.20. The Morgan fingerprint density at radius 3 is 2.44 bits per heavy atom. The third-order valence-electron chi connectivity index (χ3n) is 1.75. The topological polar surface area (TPSA) is 112 Å². The molecule has 1 aromatic rings. The van der Waals surface area contributed by atoms with Crippen molar-refractivity contribution < 1.29 is 19.6 Å². The lowest BCUT2D eigenvalue weighted by Crippen LogP contribution is -2.24. The molecule has 0 unspecified atom stereocenters. The number of rotatable bonds is 3. The third kappa shape index (κ3) is 2.32. The molecule has 0 aliphatic carbocycles. The summed E-state index contributed by atoms with van der Waals surface area (Å²) in [5, 5.41) is 23.5. The molecule has 0 bridgehead atoms. The lowest BCUT2D eigenvalue weighted by Gasteiger charge is -2.08. The Kier molecular flexibility index (Phi) is 3.19. The summed E-state index contributed by atoms with van der Waals surface area (Å²) in [6.07, 6.45) is 0. The van der Waals surface area contributed by atoms with Gasteiger partial charge in [0.2, 0.25) is 5.91 Å². The summed E-state index contributed by atoms with van der Waals surface area (Å²) < 4.78 is 0. The summed E-state index contributed by atoms with van der Waals surface area (Å²) in [7, 11) is 0. The second-order valence-electron chi connectivity index (χ2n) is 2.93. The maximum atomic E-state index is 10.8. The number of hydrogen-bond acceptors (Lipinski definition) is 5. The number of carbonyl (C=O) groups is 2. The summed E-state index contributed by atoms with van der Waals surface area (Å²) in [5.41, 5.74) is -1.42. The fourth-order valence-electron chi connectivity index (χ4n) is 1.20. The van der Waals surface area contributed by atoms with Crippen LogP contribution < -0.4 is 10.4 Å². The molecule has 1 aromatic carbocycles. The van der Waals surface area contributed by atoms with E-state index in [-0.39, 0.29) is 5.69 Å². The van der Waals surface area contributed by atoms with Crippen LogP contribution in [0.3, 0.4) is 0 Å². The number of hydrogen-bond donors (Lipinski definition) is 1. The van der Waals surface area contributed by atoms with Gasteiger partial charge < -0.3 is 15.2 Å². The highest BCUT2D eigenvalue weighted by atomic mass is 16.6. The van der Waals surface area contributed by atoms with Crippen LogP contribution in [0.4, 0.5) is 11.4 Å². The first-order chi connectivity index (χ1) is 7.43. The van der Waals surface area contributed by atoms with Crippen LogP contribution >= 0.6 is 0 Å². The highest BCUT2D eigenvalue weighted by molar-refractivity contribution is 5.98. The lowest BCUT2D eigenvalue weighted by atomic mass is 10.1. The van der Waals surface area contributed by atoms with Gasteiger partial charge >= 0.3 is 5.69 Å². The number of nitrogens with zero attached hydrogens (tertiary/aromatic N) is 1. The van der Waals surface area contributed by atoms with Gasteiger partial charge in [-0.05, 0) is 12.1 Å². The molecule has 0 aliphatic rings. The molecule has 1 N–H and O–H groups in total. The van der Waals surface area contributed by atoms with Crippen molar-refractivity contribution in [2.24, 2.45) is 0 Å². The third-order valence-corrected chi connectivity index (χ3v) is 1.75. The molecule has 0 fully saturated rings. The zero-order valence-electron chi connectivity index (χ0n) is 8.22. The fraction of sp³-hybridized carbons (Fsp3) is 0.111. The first kappa shape index (κ1) is 11.6. The molecule has 1 amide bonds. The van der Waals surface area contributed by atoms with Crippen LogP contribution in [0, 0.1) is 10.1 Å². The number of carboxylic acids is 1. The molecule has 7 nitrogen and oxygen atoms in total. The average Bonchev–Trinajstić information content (AvgIpc) is 2.15. The van der Waals surface area contributed by atoms with Crippen LogP contribution in [0.25, 0.3) is 0 Å². The minimum Gasteiger partial charge on any atom is -0.545 e. The van der Waals surface area contributed by atoms with Gasteiger partial charge in [0.25, 0.3) is 0 Å². The number of anilines is 1. The van der Waals surface area contributed by atoms with Crippen LogP contribution in [-0.2, 0) is 4.79 Å². The molecule has 1 rings (SSSR count). The molecule has 0 spiro atoms. The summed E-state index contributed by atoms with van der Waals surface area (Å²) >= 11 is 0. The summed E-state index contributed by atoms with van der Waals surface area (Å²) in [4.78, 5) is 31.2. The molecule has 0 atom stereocenters. The molecule has 0 heterocycles. The van der Waals surface area contributed by atoms with Crippen molar-refractivity contribution >= 4 is 23.3 Å². The Morgan fingerprint density at radius 1 is 1.38 bits per heavy atom. The van der Waals surface area contributed by atoms with Gasteiger partial charge in [0.05, 0.1) is 16.5 Å². The Morgan fingerprint density at radius 2 is 2.00 bits per heavy atom. The maximum Gasteiger partial charge on any atom is 0.301 e. The maximum absolute atomic E-state index is 10.8. The largest absolute Gasteiger partial charge is 0.545 e. The molecular formula is C9H7N2O5-. The molecule has 0 aliphatic heterocycles. The van der Waals surface area contributed by atoms with Gasteiger partial charge in [-0.2, -0.15) is 0 Å². The number of nitro benzene ring substituents is 1. The molecular weight excluding hydrogens is 216 g/mol. The van der Waals surface area contributed by atoms with Crippen LogP contribution in [0.5, 0.6) is 0 Å². The van der Waals surface area contributed by atoms with Crippen LogP contribution in [-0.4, -0.2) is 16.8 Å². The summed E-state index contributed by atoms with van der Waals surface area (Å²) in [5.74, 6) is -2.20. The van der Waals surface area contributed by atoms with E-state index in [9.17, 15) is 24.8 Å². The number of nitro groups is 1. The molecule has 0 aromatic heterocycles. The van der Waals surface area contributed by atoms with Crippen molar-refractivity contribution in [1.29, 1.82) is 0 Å².